The van der Waals surface area contributed by atoms with Gasteiger partial charge in [0.25, 0.3) is 6.43 Å². The maximum Gasteiger partial charge on any atom is 0.255 e. The molecule has 1 aromatic carbocycles. The molecule has 0 radical (unpaired) electrons. The SMILES string of the molecule is CC1NCCc2nc(N3CCC(Oc4ccc(F)cc4F)CC3)c(NCC(F)F)nc21. The van der Waals surface area contributed by atoms with Gasteiger partial charge < -0.3 is 20.3 Å². The van der Waals surface area contributed by atoms with Gasteiger partial charge in [-0.1, -0.05) is 0 Å². The Bertz CT molecular complexity index is 921. The average molecular weight is 439 g/mol. The Morgan fingerprint density at radius 1 is 1.23 bits per heavy atom. The first-order valence-corrected chi connectivity index (χ1v) is 10.4. The van der Waals surface area contributed by atoms with Gasteiger partial charge in [-0.05, 0) is 19.1 Å². The van der Waals surface area contributed by atoms with E-state index in [1.165, 1.54) is 6.07 Å². The number of nitrogens with zero attached hydrogens (tertiary/aromatic N) is 3. The number of halogens is 4. The molecule has 1 unspecified atom stereocenters. The minimum Gasteiger partial charge on any atom is -0.487 e. The van der Waals surface area contributed by atoms with Crippen molar-refractivity contribution in [3.8, 4) is 5.75 Å². The molecule has 3 heterocycles. The number of hydrogen-bond acceptors (Lipinski definition) is 6. The molecule has 6 nitrogen and oxygen atoms in total. The molecule has 0 bridgehead atoms. The van der Waals surface area contributed by atoms with E-state index < -0.39 is 24.6 Å². The Balaban J connectivity index is 1.49. The Labute approximate surface area is 178 Å². The van der Waals surface area contributed by atoms with Crippen LogP contribution < -0.4 is 20.3 Å². The maximum absolute atomic E-state index is 13.9. The maximum atomic E-state index is 13.9. The van der Waals surface area contributed by atoms with Gasteiger partial charge in [0.15, 0.2) is 23.2 Å². The van der Waals surface area contributed by atoms with E-state index in [-0.39, 0.29) is 17.9 Å². The smallest absolute Gasteiger partial charge is 0.255 e. The summed E-state index contributed by atoms with van der Waals surface area (Å²) in [6.07, 6.45) is -0.850. The molecule has 2 aromatic rings. The van der Waals surface area contributed by atoms with Gasteiger partial charge in [0, 0.05) is 51.0 Å². The standard InChI is InChI=1S/C21H25F4N5O/c1-12-19-16(4-7-26-12)28-21(20(29-19)27-11-18(24)25)30-8-5-14(6-9-30)31-17-3-2-13(22)10-15(17)23/h2-3,10,12,14,18,26H,4-9,11H2,1H3,(H,27,29). The molecule has 1 aromatic heterocycles. The first-order chi connectivity index (χ1) is 14.9. The molecule has 1 saturated heterocycles. The molecule has 0 aliphatic carbocycles. The number of alkyl halides is 2. The van der Waals surface area contributed by atoms with Crippen LogP contribution in [0.25, 0.3) is 0 Å². The summed E-state index contributed by atoms with van der Waals surface area (Å²) >= 11 is 0. The lowest BCUT2D eigenvalue weighted by Crippen LogP contribution is -2.40. The fourth-order valence-electron chi connectivity index (χ4n) is 3.96. The molecule has 2 aliphatic rings. The quantitative estimate of drug-likeness (QED) is 0.670. The van der Waals surface area contributed by atoms with Gasteiger partial charge in [0.05, 0.1) is 17.9 Å². The Morgan fingerprint density at radius 3 is 2.71 bits per heavy atom. The predicted octanol–water partition coefficient (Wildman–Crippen LogP) is 3.69. The van der Waals surface area contributed by atoms with E-state index in [0.29, 0.717) is 37.6 Å². The summed E-state index contributed by atoms with van der Waals surface area (Å²) in [6.45, 7) is 3.35. The second-order valence-corrected chi connectivity index (χ2v) is 7.80. The van der Waals surface area contributed by atoms with Gasteiger partial charge in [-0.3, -0.25) is 0 Å². The summed E-state index contributed by atoms with van der Waals surface area (Å²) in [7, 11) is 0. The second-order valence-electron chi connectivity index (χ2n) is 7.80. The summed E-state index contributed by atoms with van der Waals surface area (Å²) in [5.41, 5.74) is 1.65. The Morgan fingerprint density at radius 2 is 2.00 bits per heavy atom. The van der Waals surface area contributed by atoms with E-state index >= 15 is 0 Å². The third-order valence-electron chi connectivity index (χ3n) is 5.56. The van der Waals surface area contributed by atoms with Gasteiger partial charge in [0.2, 0.25) is 0 Å². The van der Waals surface area contributed by atoms with Gasteiger partial charge in [-0.15, -0.1) is 0 Å². The highest BCUT2D eigenvalue weighted by Gasteiger charge is 2.28. The molecule has 1 fully saturated rings. The third-order valence-corrected chi connectivity index (χ3v) is 5.56. The molecule has 0 saturated carbocycles. The molecular weight excluding hydrogens is 414 g/mol. The van der Waals surface area contributed by atoms with E-state index in [1.807, 2.05) is 11.8 Å². The van der Waals surface area contributed by atoms with E-state index in [0.717, 1.165) is 36.5 Å². The highest BCUT2D eigenvalue weighted by atomic mass is 19.3. The van der Waals surface area contributed by atoms with Crippen molar-refractivity contribution in [1.82, 2.24) is 15.3 Å². The second kappa shape index (κ2) is 9.25. The normalized spacial score (nSPS) is 19.4. The largest absolute Gasteiger partial charge is 0.487 e. The molecule has 1 atom stereocenters. The average Bonchev–Trinajstić information content (AvgIpc) is 2.74. The fraction of sp³-hybridized carbons (Fsp3) is 0.524. The highest BCUT2D eigenvalue weighted by Crippen LogP contribution is 2.31. The molecule has 4 rings (SSSR count). The number of hydrogen-bond donors (Lipinski definition) is 2. The molecule has 168 valence electrons. The number of ether oxygens (including phenoxy) is 1. The van der Waals surface area contributed by atoms with Crippen molar-refractivity contribution in [2.45, 2.75) is 44.8 Å². The number of benzene rings is 1. The van der Waals surface area contributed by atoms with Crippen LogP contribution in [0.15, 0.2) is 18.2 Å². The summed E-state index contributed by atoms with van der Waals surface area (Å²) in [6, 6.07) is 3.24. The number of nitrogens with one attached hydrogen (secondary N) is 2. The summed E-state index contributed by atoms with van der Waals surface area (Å²) in [5, 5.41) is 6.04. The molecule has 0 spiro atoms. The zero-order valence-electron chi connectivity index (χ0n) is 17.2. The van der Waals surface area contributed by atoms with Gasteiger partial charge in [-0.25, -0.2) is 27.5 Å². The summed E-state index contributed by atoms with van der Waals surface area (Å²) < 4.78 is 58.3. The fourth-order valence-corrected chi connectivity index (χ4v) is 3.96. The first-order valence-electron chi connectivity index (χ1n) is 10.4. The van der Waals surface area contributed by atoms with Crippen LogP contribution in [0.3, 0.4) is 0 Å². The molecular formula is C21H25F4N5O. The van der Waals surface area contributed by atoms with Crippen molar-refractivity contribution in [2.24, 2.45) is 0 Å². The lowest BCUT2D eigenvalue weighted by atomic mass is 10.1. The lowest BCUT2D eigenvalue weighted by molar-refractivity contribution is 0.162. The minimum absolute atomic E-state index is 0.00198. The van der Waals surface area contributed by atoms with Crippen LogP contribution in [0, 0.1) is 11.6 Å². The topological polar surface area (TPSA) is 62.3 Å². The van der Waals surface area contributed by atoms with Gasteiger partial charge in [-0.2, -0.15) is 0 Å². The zero-order chi connectivity index (χ0) is 22.0. The van der Waals surface area contributed by atoms with Crippen LogP contribution in [0.4, 0.5) is 29.2 Å². The first kappa shape index (κ1) is 21.6. The highest BCUT2D eigenvalue weighted by molar-refractivity contribution is 5.62. The molecule has 10 heteroatoms. The van der Waals surface area contributed by atoms with Crippen LogP contribution >= 0.6 is 0 Å². The van der Waals surface area contributed by atoms with Crippen LogP contribution in [0.1, 0.15) is 37.2 Å². The van der Waals surface area contributed by atoms with Crippen LogP contribution in [0.5, 0.6) is 5.75 Å². The van der Waals surface area contributed by atoms with Crippen molar-refractivity contribution in [3.05, 3.63) is 41.2 Å². The van der Waals surface area contributed by atoms with Gasteiger partial charge in [0.1, 0.15) is 11.9 Å². The Hall–Kier alpha value is -2.62. The number of fused-ring (bicyclic) bond motifs is 1. The lowest BCUT2D eigenvalue weighted by Gasteiger charge is -2.35. The number of anilines is 2. The molecule has 2 N–H and O–H groups in total. The number of rotatable bonds is 6. The van der Waals surface area contributed by atoms with Crippen LogP contribution in [-0.2, 0) is 6.42 Å². The van der Waals surface area contributed by atoms with Crippen molar-refractivity contribution >= 4 is 11.6 Å². The predicted molar refractivity (Wildman–Crippen MR) is 109 cm³/mol. The van der Waals surface area contributed by atoms with Crippen molar-refractivity contribution in [1.29, 1.82) is 0 Å². The van der Waals surface area contributed by atoms with E-state index in [1.54, 1.807) is 0 Å². The van der Waals surface area contributed by atoms with Crippen LogP contribution in [-0.4, -0.2) is 48.7 Å². The molecule has 0 amide bonds. The van der Waals surface area contributed by atoms with Crippen LogP contribution in [0.2, 0.25) is 0 Å². The van der Waals surface area contributed by atoms with E-state index in [2.05, 4.69) is 15.6 Å². The monoisotopic (exact) mass is 439 g/mol. The summed E-state index contributed by atoms with van der Waals surface area (Å²) in [5.74, 6) is -0.462. The van der Waals surface area contributed by atoms with Crippen molar-refractivity contribution in [2.75, 3.05) is 36.4 Å². The molecule has 31 heavy (non-hydrogen) atoms. The third kappa shape index (κ3) is 5.00. The van der Waals surface area contributed by atoms with Crippen molar-refractivity contribution < 1.29 is 22.3 Å². The number of aromatic nitrogens is 2. The van der Waals surface area contributed by atoms with Gasteiger partial charge >= 0.3 is 0 Å². The van der Waals surface area contributed by atoms with E-state index in [9.17, 15) is 17.6 Å². The minimum atomic E-state index is -2.51. The summed E-state index contributed by atoms with van der Waals surface area (Å²) in [4.78, 5) is 11.4. The molecule has 2 aliphatic heterocycles. The zero-order valence-corrected chi connectivity index (χ0v) is 17.2. The van der Waals surface area contributed by atoms with Crippen molar-refractivity contribution in [3.63, 3.8) is 0 Å². The number of piperidine rings is 1. The Kier molecular flexibility index (Phi) is 6.45. The van der Waals surface area contributed by atoms with E-state index in [4.69, 9.17) is 9.72 Å².